The highest BCUT2D eigenvalue weighted by Gasteiger charge is 2.29. The lowest BCUT2D eigenvalue weighted by atomic mass is 9.86. The highest BCUT2D eigenvalue weighted by atomic mass is 16.5. The quantitative estimate of drug-likeness (QED) is 0.770. The number of nitrogens with zero attached hydrogens (tertiary/aromatic N) is 2. The number of nitriles is 1. The number of carboxylic acids is 1. The van der Waals surface area contributed by atoms with Crippen LogP contribution < -0.4 is 5.32 Å². The molecule has 1 aliphatic carbocycles. The van der Waals surface area contributed by atoms with E-state index in [-0.39, 0.29) is 24.5 Å². The largest absolute Gasteiger partial charge is 0.481 e. The Morgan fingerprint density at radius 1 is 1.30 bits per heavy atom. The second kappa shape index (κ2) is 6.57. The summed E-state index contributed by atoms with van der Waals surface area (Å²) in [6.45, 7) is 1.14. The molecule has 1 unspecified atom stereocenters. The Bertz CT molecular complexity index is 412. The van der Waals surface area contributed by atoms with Crippen LogP contribution in [0.5, 0.6) is 0 Å². The van der Waals surface area contributed by atoms with Crippen LogP contribution in [0.4, 0.5) is 4.79 Å². The van der Waals surface area contributed by atoms with Crippen molar-refractivity contribution < 1.29 is 19.4 Å². The molecule has 2 N–H and O–H groups in total. The van der Waals surface area contributed by atoms with Crippen LogP contribution in [-0.4, -0.2) is 53.8 Å². The molecular formula is C13H19N3O4. The molecule has 1 saturated carbocycles. The molecular weight excluding hydrogens is 262 g/mol. The Morgan fingerprint density at radius 2 is 2.00 bits per heavy atom. The van der Waals surface area contributed by atoms with Gasteiger partial charge in [-0.1, -0.05) is 0 Å². The molecule has 2 rings (SSSR count). The zero-order chi connectivity index (χ0) is 14.5. The van der Waals surface area contributed by atoms with E-state index >= 15 is 0 Å². The van der Waals surface area contributed by atoms with Gasteiger partial charge in [-0.25, -0.2) is 4.79 Å². The van der Waals surface area contributed by atoms with Crippen molar-refractivity contribution in [1.82, 2.24) is 10.2 Å². The second-order valence-corrected chi connectivity index (χ2v) is 5.27. The molecule has 2 amide bonds. The number of carbonyl (C=O) groups is 2. The smallest absolute Gasteiger partial charge is 0.317 e. The summed E-state index contributed by atoms with van der Waals surface area (Å²) in [7, 11) is 0. The number of amides is 2. The van der Waals surface area contributed by atoms with Crippen LogP contribution in [0.2, 0.25) is 0 Å². The van der Waals surface area contributed by atoms with Crippen molar-refractivity contribution in [1.29, 1.82) is 5.26 Å². The molecule has 2 fully saturated rings. The number of rotatable bonds is 2. The van der Waals surface area contributed by atoms with Crippen LogP contribution >= 0.6 is 0 Å². The van der Waals surface area contributed by atoms with Crippen LogP contribution in [0, 0.1) is 17.2 Å². The first-order chi connectivity index (χ1) is 9.60. The van der Waals surface area contributed by atoms with Crippen molar-refractivity contribution in [2.75, 3.05) is 19.7 Å². The summed E-state index contributed by atoms with van der Waals surface area (Å²) in [4.78, 5) is 24.5. The van der Waals surface area contributed by atoms with Gasteiger partial charge in [-0.2, -0.15) is 5.26 Å². The Hall–Kier alpha value is -1.81. The number of urea groups is 1. The van der Waals surface area contributed by atoms with Gasteiger partial charge in [0, 0.05) is 12.6 Å². The molecule has 0 aromatic rings. The lowest BCUT2D eigenvalue weighted by molar-refractivity contribution is -0.142. The summed E-state index contributed by atoms with van der Waals surface area (Å²) in [5.74, 6) is -1.03. The molecule has 0 radical (unpaired) electrons. The first kappa shape index (κ1) is 14.6. The van der Waals surface area contributed by atoms with Gasteiger partial charge in [-0.3, -0.25) is 4.79 Å². The maximum Gasteiger partial charge on any atom is 0.317 e. The average Bonchev–Trinajstić information content (AvgIpc) is 2.47. The molecule has 1 atom stereocenters. The molecule has 0 bridgehead atoms. The van der Waals surface area contributed by atoms with Gasteiger partial charge in [-0.05, 0) is 25.7 Å². The van der Waals surface area contributed by atoms with Crippen LogP contribution in [0.25, 0.3) is 0 Å². The van der Waals surface area contributed by atoms with Crippen molar-refractivity contribution >= 4 is 12.0 Å². The minimum atomic E-state index is -0.750. The van der Waals surface area contributed by atoms with Crippen molar-refractivity contribution in [2.45, 2.75) is 37.8 Å². The van der Waals surface area contributed by atoms with E-state index < -0.39 is 12.1 Å². The fraction of sp³-hybridized carbons (Fsp3) is 0.769. The van der Waals surface area contributed by atoms with Gasteiger partial charge >= 0.3 is 12.0 Å². The number of carbonyl (C=O) groups excluding carboxylic acids is 1. The molecule has 2 aliphatic rings. The highest BCUT2D eigenvalue weighted by molar-refractivity contribution is 5.75. The normalized spacial score (nSPS) is 30.4. The van der Waals surface area contributed by atoms with E-state index in [1.807, 2.05) is 6.07 Å². The monoisotopic (exact) mass is 281 g/mol. The third kappa shape index (κ3) is 3.61. The number of aliphatic carboxylic acids is 1. The molecule has 1 heterocycles. The maximum atomic E-state index is 12.1. The molecule has 0 spiro atoms. The lowest BCUT2D eigenvalue weighted by Gasteiger charge is -2.33. The summed E-state index contributed by atoms with van der Waals surface area (Å²) in [5, 5.41) is 20.7. The van der Waals surface area contributed by atoms with Crippen LogP contribution in [0.1, 0.15) is 25.7 Å². The highest BCUT2D eigenvalue weighted by Crippen LogP contribution is 2.24. The molecule has 20 heavy (non-hydrogen) atoms. The van der Waals surface area contributed by atoms with Crippen molar-refractivity contribution in [2.24, 2.45) is 5.92 Å². The van der Waals surface area contributed by atoms with Gasteiger partial charge in [0.25, 0.3) is 0 Å². The van der Waals surface area contributed by atoms with Crippen LogP contribution in [0.3, 0.4) is 0 Å². The van der Waals surface area contributed by atoms with Gasteiger partial charge in [0.1, 0.15) is 0 Å². The van der Waals surface area contributed by atoms with E-state index in [0.717, 1.165) is 0 Å². The molecule has 7 heteroatoms. The molecule has 0 aromatic carbocycles. The number of hydrogen-bond acceptors (Lipinski definition) is 4. The Kier molecular flexibility index (Phi) is 4.79. The second-order valence-electron chi connectivity index (χ2n) is 5.27. The van der Waals surface area contributed by atoms with Gasteiger partial charge in [0.05, 0.1) is 25.1 Å². The number of nitrogens with one attached hydrogen (secondary N) is 1. The number of ether oxygens (including phenoxy) is 1. The molecule has 110 valence electrons. The topological polar surface area (TPSA) is 103 Å². The third-order valence-corrected chi connectivity index (χ3v) is 3.90. The summed E-state index contributed by atoms with van der Waals surface area (Å²) in [5.41, 5.74) is 0. The predicted octanol–water partition coefficient (Wildman–Crippen LogP) is 0.564. The van der Waals surface area contributed by atoms with Gasteiger partial charge in [0.15, 0.2) is 6.10 Å². The zero-order valence-corrected chi connectivity index (χ0v) is 11.2. The number of morpholine rings is 1. The summed E-state index contributed by atoms with van der Waals surface area (Å²) < 4.78 is 5.19. The van der Waals surface area contributed by atoms with E-state index in [4.69, 9.17) is 15.1 Å². The van der Waals surface area contributed by atoms with Crippen molar-refractivity contribution in [3.05, 3.63) is 0 Å². The molecule has 1 aliphatic heterocycles. The van der Waals surface area contributed by atoms with Gasteiger partial charge in [-0.15, -0.1) is 0 Å². The van der Waals surface area contributed by atoms with Crippen molar-refractivity contribution in [3.8, 4) is 6.07 Å². The fourth-order valence-corrected chi connectivity index (χ4v) is 2.66. The van der Waals surface area contributed by atoms with E-state index in [9.17, 15) is 9.59 Å². The van der Waals surface area contributed by atoms with Crippen LogP contribution in [0.15, 0.2) is 0 Å². The zero-order valence-electron chi connectivity index (χ0n) is 11.2. The molecule has 1 saturated heterocycles. The Labute approximate surface area is 117 Å². The molecule has 0 aromatic heterocycles. The van der Waals surface area contributed by atoms with Gasteiger partial charge in [0.2, 0.25) is 0 Å². The Morgan fingerprint density at radius 3 is 2.60 bits per heavy atom. The number of carboxylic acid groups (broad SMARTS) is 1. The first-order valence-corrected chi connectivity index (χ1v) is 6.89. The van der Waals surface area contributed by atoms with E-state index in [0.29, 0.717) is 38.8 Å². The van der Waals surface area contributed by atoms with E-state index in [2.05, 4.69) is 5.32 Å². The number of hydrogen-bond donors (Lipinski definition) is 2. The van der Waals surface area contributed by atoms with Crippen molar-refractivity contribution in [3.63, 3.8) is 0 Å². The predicted molar refractivity (Wildman–Crippen MR) is 68.8 cm³/mol. The van der Waals surface area contributed by atoms with Crippen LogP contribution in [-0.2, 0) is 9.53 Å². The third-order valence-electron chi connectivity index (χ3n) is 3.90. The fourth-order valence-electron chi connectivity index (χ4n) is 2.66. The average molecular weight is 281 g/mol. The maximum absolute atomic E-state index is 12.1. The SMILES string of the molecule is N#CC1CN(C(=O)NC2CCC(C(=O)O)CC2)CCO1. The minimum absolute atomic E-state index is 0.0291. The standard InChI is InChI=1S/C13H19N3O4/c14-7-11-8-16(5-6-20-11)13(19)15-10-3-1-9(2-4-10)12(17)18/h9-11H,1-6,8H2,(H,15,19)(H,17,18). The van der Waals surface area contributed by atoms with E-state index in [1.54, 1.807) is 4.90 Å². The minimum Gasteiger partial charge on any atom is -0.481 e. The van der Waals surface area contributed by atoms with E-state index in [1.165, 1.54) is 0 Å². The molecule has 7 nitrogen and oxygen atoms in total. The van der Waals surface area contributed by atoms with Gasteiger partial charge < -0.3 is 20.1 Å². The lowest BCUT2D eigenvalue weighted by Crippen LogP contribution is -2.52. The first-order valence-electron chi connectivity index (χ1n) is 6.89. The Balaban J connectivity index is 1.78. The summed E-state index contributed by atoms with van der Waals surface area (Å²) in [6.07, 6.45) is 2.02. The summed E-state index contributed by atoms with van der Waals surface area (Å²) >= 11 is 0. The summed E-state index contributed by atoms with van der Waals surface area (Å²) in [6, 6.07) is 1.84.